The van der Waals surface area contributed by atoms with Crippen LogP contribution in [0.3, 0.4) is 0 Å². The molecule has 0 unspecified atom stereocenters. The molecule has 0 fully saturated rings. The first-order chi connectivity index (χ1) is 13.1. The molecule has 138 valence electrons. The van der Waals surface area contributed by atoms with Crippen LogP contribution < -0.4 is 15.4 Å². The number of anilines is 1. The molecule has 1 heterocycles. The van der Waals surface area contributed by atoms with E-state index in [0.717, 1.165) is 11.3 Å². The van der Waals surface area contributed by atoms with Crippen LogP contribution in [-0.2, 0) is 0 Å². The van der Waals surface area contributed by atoms with Crippen LogP contribution in [0.15, 0.2) is 71.3 Å². The zero-order chi connectivity index (χ0) is 19.1. The van der Waals surface area contributed by atoms with Gasteiger partial charge in [0.2, 0.25) is 0 Å². The van der Waals surface area contributed by atoms with Gasteiger partial charge in [0.1, 0.15) is 12.4 Å². The van der Waals surface area contributed by atoms with E-state index in [4.69, 9.17) is 9.15 Å². The summed E-state index contributed by atoms with van der Waals surface area (Å²) in [6.07, 6.45) is 1.42. The van der Waals surface area contributed by atoms with Gasteiger partial charge >= 0.3 is 0 Å². The van der Waals surface area contributed by atoms with Crippen molar-refractivity contribution in [3.63, 3.8) is 0 Å². The molecule has 0 aliphatic heterocycles. The Morgan fingerprint density at radius 2 is 1.85 bits per heavy atom. The van der Waals surface area contributed by atoms with Gasteiger partial charge in [-0.15, -0.1) is 0 Å². The fourth-order valence-electron chi connectivity index (χ4n) is 2.52. The van der Waals surface area contributed by atoms with Crippen LogP contribution in [0.4, 0.5) is 5.69 Å². The summed E-state index contributed by atoms with van der Waals surface area (Å²) >= 11 is 0. The minimum Gasteiger partial charge on any atom is -0.492 e. The summed E-state index contributed by atoms with van der Waals surface area (Å²) in [7, 11) is 0. The van der Waals surface area contributed by atoms with Crippen LogP contribution in [-0.4, -0.2) is 25.0 Å². The zero-order valence-electron chi connectivity index (χ0n) is 14.9. The number of furan rings is 1. The standard InChI is InChI=1S/C21H20N2O4/c1-15-6-4-7-16(14-15)26-13-11-22-20(24)17-8-2-3-9-18(17)23-21(25)19-10-5-12-27-19/h2-10,12,14H,11,13H2,1H3,(H,22,24)(H,23,25). The van der Waals surface area contributed by atoms with Crippen LogP contribution in [0.25, 0.3) is 0 Å². The normalized spacial score (nSPS) is 10.3. The molecule has 27 heavy (non-hydrogen) atoms. The lowest BCUT2D eigenvalue weighted by Gasteiger charge is -2.11. The van der Waals surface area contributed by atoms with Gasteiger partial charge in [0.15, 0.2) is 5.76 Å². The molecule has 3 aromatic rings. The van der Waals surface area contributed by atoms with Crippen molar-refractivity contribution in [2.45, 2.75) is 6.92 Å². The summed E-state index contributed by atoms with van der Waals surface area (Å²) in [4.78, 5) is 24.6. The van der Waals surface area contributed by atoms with E-state index >= 15 is 0 Å². The summed E-state index contributed by atoms with van der Waals surface area (Å²) < 4.78 is 10.7. The van der Waals surface area contributed by atoms with E-state index in [1.807, 2.05) is 31.2 Å². The molecular formula is C21H20N2O4. The molecule has 2 amide bonds. The number of benzene rings is 2. The van der Waals surface area contributed by atoms with Crippen LogP contribution >= 0.6 is 0 Å². The second-order valence-electron chi connectivity index (χ2n) is 5.90. The van der Waals surface area contributed by atoms with E-state index in [9.17, 15) is 9.59 Å². The lowest BCUT2D eigenvalue weighted by Crippen LogP contribution is -2.29. The van der Waals surface area contributed by atoms with Crippen molar-refractivity contribution in [1.29, 1.82) is 0 Å². The molecule has 1 aromatic heterocycles. The highest BCUT2D eigenvalue weighted by atomic mass is 16.5. The summed E-state index contributed by atoms with van der Waals surface area (Å²) in [5, 5.41) is 5.49. The van der Waals surface area contributed by atoms with Crippen molar-refractivity contribution >= 4 is 17.5 Å². The second kappa shape index (κ2) is 8.71. The monoisotopic (exact) mass is 364 g/mol. The summed E-state index contributed by atoms with van der Waals surface area (Å²) in [5.74, 6) is 0.230. The van der Waals surface area contributed by atoms with Gasteiger partial charge in [0, 0.05) is 0 Å². The minimum absolute atomic E-state index is 0.178. The highest BCUT2D eigenvalue weighted by Gasteiger charge is 2.15. The molecule has 0 saturated carbocycles. The topological polar surface area (TPSA) is 80.6 Å². The van der Waals surface area contributed by atoms with Crippen molar-refractivity contribution in [2.75, 3.05) is 18.5 Å². The Balaban J connectivity index is 1.56. The molecule has 6 nitrogen and oxygen atoms in total. The van der Waals surface area contributed by atoms with E-state index in [-0.39, 0.29) is 11.7 Å². The number of amides is 2. The molecule has 0 saturated heterocycles. The van der Waals surface area contributed by atoms with Gasteiger partial charge in [0.05, 0.1) is 24.1 Å². The van der Waals surface area contributed by atoms with Crippen molar-refractivity contribution in [3.05, 3.63) is 83.8 Å². The van der Waals surface area contributed by atoms with E-state index in [0.29, 0.717) is 24.4 Å². The Hall–Kier alpha value is -3.54. The Labute approximate surface area is 157 Å². The number of rotatable bonds is 7. The maximum atomic E-state index is 12.5. The molecule has 2 aromatic carbocycles. The Kier molecular flexibility index (Phi) is 5.89. The lowest BCUT2D eigenvalue weighted by molar-refractivity contribution is 0.0948. The third-order valence-electron chi connectivity index (χ3n) is 3.81. The largest absolute Gasteiger partial charge is 0.492 e. The molecule has 0 aliphatic carbocycles. The minimum atomic E-state index is -0.414. The number of nitrogens with one attached hydrogen (secondary N) is 2. The molecule has 6 heteroatoms. The van der Waals surface area contributed by atoms with E-state index in [1.165, 1.54) is 6.26 Å². The Morgan fingerprint density at radius 1 is 1.00 bits per heavy atom. The summed E-state index contributed by atoms with van der Waals surface area (Å²) in [6.45, 7) is 2.67. The van der Waals surface area contributed by atoms with Gasteiger partial charge in [-0.2, -0.15) is 0 Å². The van der Waals surface area contributed by atoms with Crippen molar-refractivity contribution < 1.29 is 18.7 Å². The molecule has 2 N–H and O–H groups in total. The lowest BCUT2D eigenvalue weighted by atomic mass is 10.1. The van der Waals surface area contributed by atoms with Gasteiger partial charge in [-0.3, -0.25) is 9.59 Å². The number of aryl methyl sites for hydroxylation is 1. The SMILES string of the molecule is Cc1cccc(OCCNC(=O)c2ccccc2NC(=O)c2ccco2)c1. The fraction of sp³-hybridized carbons (Fsp3) is 0.143. The van der Waals surface area contributed by atoms with Gasteiger partial charge in [-0.1, -0.05) is 24.3 Å². The predicted molar refractivity (Wildman–Crippen MR) is 102 cm³/mol. The van der Waals surface area contributed by atoms with Gasteiger partial charge in [-0.05, 0) is 48.9 Å². The number of para-hydroxylation sites is 1. The first kappa shape index (κ1) is 18.3. The first-order valence-corrected chi connectivity index (χ1v) is 8.55. The summed E-state index contributed by atoms with van der Waals surface area (Å²) in [6, 6.07) is 17.7. The molecule has 0 radical (unpaired) electrons. The van der Waals surface area contributed by atoms with Gasteiger partial charge < -0.3 is 19.8 Å². The molecular weight excluding hydrogens is 344 g/mol. The molecule has 0 aliphatic rings. The maximum absolute atomic E-state index is 12.5. The number of carbonyl (C=O) groups excluding carboxylic acids is 2. The molecule has 0 spiro atoms. The quantitative estimate of drug-likeness (QED) is 0.627. The van der Waals surface area contributed by atoms with Crippen LogP contribution in [0.2, 0.25) is 0 Å². The average molecular weight is 364 g/mol. The molecule has 0 bridgehead atoms. The highest BCUT2D eigenvalue weighted by Crippen LogP contribution is 2.16. The highest BCUT2D eigenvalue weighted by molar-refractivity contribution is 6.07. The van der Waals surface area contributed by atoms with E-state index in [1.54, 1.807) is 36.4 Å². The molecule has 3 rings (SSSR count). The van der Waals surface area contributed by atoms with Crippen molar-refractivity contribution in [2.24, 2.45) is 0 Å². The smallest absolute Gasteiger partial charge is 0.291 e. The molecule has 0 atom stereocenters. The predicted octanol–water partition coefficient (Wildman–Crippen LogP) is 3.65. The second-order valence-corrected chi connectivity index (χ2v) is 5.90. The summed E-state index contributed by atoms with van der Waals surface area (Å²) in [5.41, 5.74) is 1.89. The Morgan fingerprint density at radius 3 is 2.63 bits per heavy atom. The number of hydrogen-bond donors (Lipinski definition) is 2. The van der Waals surface area contributed by atoms with Crippen LogP contribution in [0, 0.1) is 6.92 Å². The van der Waals surface area contributed by atoms with Crippen LogP contribution in [0.1, 0.15) is 26.5 Å². The van der Waals surface area contributed by atoms with Crippen LogP contribution in [0.5, 0.6) is 5.75 Å². The number of hydrogen-bond acceptors (Lipinski definition) is 4. The van der Waals surface area contributed by atoms with E-state index in [2.05, 4.69) is 10.6 Å². The zero-order valence-corrected chi connectivity index (χ0v) is 14.9. The Bertz CT molecular complexity index is 919. The van der Waals surface area contributed by atoms with E-state index < -0.39 is 5.91 Å². The van der Waals surface area contributed by atoms with Gasteiger partial charge in [-0.25, -0.2) is 0 Å². The third-order valence-corrected chi connectivity index (χ3v) is 3.81. The van der Waals surface area contributed by atoms with Crippen molar-refractivity contribution in [1.82, 2.24) is 5.32 Å². The maximum Gasteiger partial charge on any atom is 0.291 e. The van der Waals surface area contributed by atoms with Crippen molar-refractivity contribution in [3.8, 4) is 5.75 Å². The third kappa shape index (κ3) is 4.98. The first-order valence-electron chi connectivity index (χ1n) is 8.55. The number of ether oxygens (including phenoxy) is 1. The fourth-order valence-corrected chi connectivity index (χ4v) is 2.52. The average Bonchev–Trinajstić information content (AvgIpc) is 3.20. The van der Waals surface area contributed by atoms with Gasteiger partial charge in [0.25, 0.3) is 11.8 Å². The number of carbonyl (C=O) groups is 2.